The lowest BCUT2D eigenvalue weighted by atomic mass is 10.1. The number of hydrogen-bond donors (Lipinski definition) is 1. The highest BCUT2D eigenvalue weighted by Crippen LogP contribution is 2.26. The molecular formula is C23H28Cl2N2O2. The van der Waals surface area contributed by atoms with Gasteiger partial charge in [-0.05, 0) is 35.6 Å². The van der Waals surface area contributed by atoms with E-state index in [1.165, 1.54) is 0 Å². The van der Waals surface area contributed by atoms with Gasteiger partial charge in [-0.2, -0.15) is 0 Å². The maximum absolute atomic E-state index is 13.3. The lowest BCUT2D eigenvalue weighted by Gasteiger charge is -2.31. The topological polar surface area (TPSA) is 49.4 Å². The molecule has 0 aromatic heterocycles. The molecule has 29 heavy (non-hydrogen) atoms. The van der Waals surface area contributed by atoms with Crippen LogP contribution in [-0.4, -0.2) is 29.3 Å². The Morgan fingerprint density at radius 2 is 1.62 bits per heavy atom. The fourth-order valence-corrected chi connectivity index (χ4v) is 3.61. The second kappa shape index (κ2) is 11.2. The van der Waals surface area contributed by atoms with Crippen molar-refractivity contribution in [2.45, 2.75) is 46.2 Å². The SMILES string of the molecule is CC[C@H](C(=O)NCC(C)C)N(Cc1ccccc1)C(=O)Cc1c(Cl)cccc1Cl. The first-order valence-corrected chi connectivity index (χ1v) is 10.6. The maximum Gasteiger partial charge on any atom is 0.242 e. The molecule has 0 heterocycles. The summed E-state index contributed by atoms with van der Waals surface area (Å²) >= 11 is 12.5. The molecule has 0 fully saturated rings. The van der Waals surface area contributed by atoms with Crippen LogP contribution in [0, 0.1) is 5.92 Å². The third-order valence-corrected chi connectivity index (χ3v) is 5.36. The lowest BCUT2D eigenvalue weighted by Crippen LogP contribution is -2.50. The van der Waals surface area contributed by atoms with Gasteiger partial charge < -0.3 is 10.2 Å². The number of nitrogens with one attached hydrogen (secondary N) is 1. The quantitative estimate of drug-likeness (QED) is 0.595. The first-order valence-electron chi connectivity index (χ1n) is 9.87. The van der Waals surface area contributed by atoms with Gasteiger partial charge in [0.25, 0.3) is 0 Å². The van der Waals surface area contributed by atoms with Crippen LogP contribution in [0.3, 0.4) is 0 Å². The van der Waals surface area contributed by atoms with Gasteiger partial charge in [0.15, 0.2) is 0 Å². The lowest BCUT2D eigenvalue weighted by molar-refractivity contribution is -0.141. The molecule has 4 nitrogen and oxygen atoms in total. The summed E-state index contributed by atoms with van der Waals surface area (Å²) in [5.74, 6) is 0.00259. The fourth-order valence-electron chi connectivity index (χ4n) is 3.08. The fraction of sp³-hybridized carbons (Fsp3) is 0.391. The third-order valence-electron chi connectivity index (χ3n) is 4.66. The minimum absolute atomic E-state index is 0.0410. The maximum atomic E-state index is 13.3. The first-order chi connectivity index (χ1) is 13.8. The summed E-state index contributed by atoms with van der Waals surface area (Å²) in [7, 11) is 0. The van der Waals surface area contributed by atoms with Crippen LogP contribution in [0.15, 0.2) is 48.5 Å². The van der Waals surface area contributed by atoms with Crippen molar-refractivity contribution in [3.63, 3.8) is 0 Å². The van der Waals surface area contributed by atoms with Gasteiger partial charge >= 0.3 is 0 Å². The van der Waals surface area contributed by atoms with Crippen molar-refractivity contribution in [2.24, 2.45) is 5.92 Å². The molecule has 0 bridgehead atoms. The first kappa shape index (κ1) is 23.2. The van der Waals surface area contributed by atoms with Crippen molar-refractivity contribution >= 4 is 35.0 Å². The molecule has 0 spiro atoms. The summed E-state index contributed by atoms with van der Waals surface area (Å²) < 4.78 is 0. The molecule has 1 N–H and O–H groups in total. The van der Waals surface area contributed by atoms with E-state index in [0.717, 1.165) is 5.56 Å². The van der Waals surface area contributed by atoms with E-state index in [-0.39, 0.29) is 18.2 Å². The summed E-state index contributed by atoms with van der Waals surface area (Å²) in [4.78, 5) is 27.8. The molecule has 2 aromatic carbocycles. The van der Waals surface area contributed by atoms with Crippen molar-refractivity contribution in [3.05, 3.63) is 69.7 Å². The Bertz CT molecular complexity index is 805. The number of carbonyl (C=O) groups is 2. The zero-order valence-electron chi connectivity index (χ0n) is 17.1. The number of benzene rings is 2. The molecule has 0 aliphatic rings. The average molecular weight is 435 g/mol. The zero-order valence-corrected chi connectivity index (χ0v) is 18.6. The van der Waals surface area contributed by atoms with Crippen molar-refractivity contribution in [1.29, 1.82) is 0 Å². The van der Waals surface area contributed by atoms with Crippen LogP contribution in [0.4, 0.5) is 0 Å². The van der Waals surface area contributed by atoms with E-state index >= 15 is 0 Å². The summed E-state index contributed by atoms with van der Waals surface area (Å²) in [5.41, 5.74) is 1.54. The molecule has 0 saturated carbocycles. The molecule has 156 valence electrons. The molecule has 0 unspecified atom stereocenters. The predicted molar refractivity (Wildman–Crippen MR) is 119 cm³/mol. The molecule has 0 radical (unpaired) electrons. The van der Waals surface area contributed by atoms with Crippen LogP contribution in [0.25, 0.3) is 0 Å². The Labute approximate surface area is 183 Å². The standard InChI is InChI=1S/C23H28Cl2N2O2/c1-4-21(23(29)26-14-16(2)3)27(15-17-9-6-5-7-10-17)22(28)13-18-19(24)11-8-12-20(18)25/h5-12,16,21H,4,13-15H2,1-3H3,(H,26,29)/t21-/m1/s1. The van der Waals surface area contributed by atoms with Gasteiger partial charge in [-0.3, -0.25) is 9.59 Å². The number of rotatable bonds is 9. The summed E-state index contributed by atoms with van der Waals surface area (Å²) in [5, 5.41) is 3.85. The van der Waals surface area contributed by atoms with Crippen LogP contribution in [0.5, 0.6) is 0 Å². The summed E-state index contributed by atoms with van der Waals surface area (Å²) in [6.45, 7) is 6.89. The van der Waals surface area contributed by atoms with Gasteiger partial charge in [-0.1, -0.05) is 80.4 Å². The molecule has 6 heteroatoms. The van der Waals surface area contributed by atoms with Crippen molar-refractivity contribution in [2.75, 3.05) is 6.54 Å². The van der Waals surface area contributed by atoms with E-state index in [1.54, 1.807) is 23.1 Å². The molecule has 0 saturated heterocycles. The van der Waals surface area contributed by atoms with Gasteiger partial charge in [0.1, 0.15) is 6.04 Å². The highest BCUT2D eigenvalue weighted by Gasteiger charge is 2.29. The predicted octanol–water partition coefficient (Wildman–Crippen LogP) is 5.12. The van der Waals surface area contributed by atoms with E-state index in [9.17, 15) is 9.59 Å². The van der Waals surface area contributed by atoms with Gasteiger partial charge in [-0.15, -0.1) is 0 Å². The van der Waals surface area contributed by atoms with E-state index in [1.807, 2.05) is 51.1 Å². The molecule has 0 aliphatic carbocycles. The highest BCUT2D eigenvalue weighted by molar-refractivity contribution is 6.36. The third kappa shape index (κ3) is 6.76. The Balaban J connectivity index is 2.30. The number of hydrogen-bond acceptors (Lipinski definition) is 2. The van der Waals surface area contributed by atoms with Crippen LogP contribution >= 0.6 is 23.2 Å². The van der Waals surface area contributed by atoms with Gasteiger partial charge in [0, 0.05) is 23.1 Å². The van der Waals surface area contributed by atoms with Gasteiger partial charge in [0.2, 0.25) is 11.8 Å². The van der Waals surface area contributed by atoms with Crippen molar-refractivity contribution < 1.29 is 9.59 Å². The molecule has 2 amide bonds. The van der Waals surface area contributed by atoms with Gasteiger partial charge in [-0.25, -0.2) is 0 Å². The molecule has 2 aromatic rings. The van der Waals surface area contributed by atoms with Crippen LogP contribution in [0.1, 0.15) is 38.3 Å². The minimum Gasteiger partial charge on any atom is -0.354 e. The zero-order chi connectivity index (χ0) is 21.4. The summed E-state index contributed by atoms with van der Waals surface area (Å²) in [6.07, 6.45) is 0.554. The Morgan fingerprint density at radius 1 is 1.00 bits per heavy atom. The number of carbonyl (C=O) groups excluding carboxylic acids is 2. The minimum atomic E-state index is -0.567. The second-order valence-electron chi connectivity index (χ2n) is 7.45. The Kier molecular flexibility index (Phi) is 8.99. The van der Waals surface area contributed by atoms with E-state index < -0.39 is 6.04 Å². The van der Waals surface area contributed by atoms with Crippen LogP contribution in [-0.2, 0) is 22.6 Å². The largest absolute Gasteiger partial charge is 0.354 e. The Hall–Kier alpha value is -2.04. The molecule has 1 atom stereocenters. The van der Waals surface area contributed by atoms with Crippen molar-refractivity contribution in [3.8, 4) is 0 Å². The normalized spacial score (nSPS) is 11.9. The number of amides is 2. The summed E-state index contributed by atoms with van der Waals surface area (Å²) in [6, 6.07) is 14.3. The van der Waals surface area contributed by atoms with E-state index in [2.05, 4.69) is 5.32 Å². The Morgan fingerprint density at radius 3 is 2.17 bits per heavy atom. The monoisotopic (exact) mass is 434 g/mol. The van der Waals surface area contributed by atoms with E-state index in [0.29, 0.717) is 41.0 Å². The molecule has 2 rings (SSSR count). The second-order valence-corrected chi connectivity index (χ2v) is 8.26. The van der Waals surface area contributed by atoms with E-state index in [4.69, 9.17) is 23.2 Å². The number of halogens is 2. The van der Waals surface area contributed by atoms with Crippen molar-refractivity contribution in [1.82, 2.24) is 10.2 Å². The molecule has 0 aliphatic heterocycles. The number of nitrogens with zero attached hydrogens (tertiary/aromatic N) is 1. The van der Waals surface area contributed by atoms with Crippen LogP contribution in [0.2, 0.25) is 10.0 Å². The molecular weight excluding hydrogens is 407 g/mol. The average Bonchev–Trinajstić information content (AvgIpc) is 2.69. The highest BCUT2D eigenvalue weighted by atomic mass is 35.5. The van der Waals surface area contributed by atoms with Gasteiger partial charge in [0.05, 0.1) is 6.42 Å². The van der Waals surface area contributed by atoms with Crippen LogP contribution < -0.4 is 5.32 Å². The smallest absolute Gasteiger partial charge is 0.242 e.